The number of carbonyl (C=O) groups excluding carboxylic acids is 2. The van der Waals surface area contributed by atoms with E-state index >= 15 is 0 Å². The molecule has 6 heteroatoms. The van der Waals surface area contributed by atoms with E-state index in [2.05, 4.69) is 4.99 Å². The van der Waals surface area contributed by atoms with Crippen LogP contribution < -0.4 is 4.74 Å². The van der Waals surface area contributed by atoms with Gasteiger partial charge in [-0.1, -0.05) is 12.1 Å². The number of halogens is 1. The molecule has 0 aliphatic rings. The molecular formula is C12H10ClNO4. The Morgan fingerprint density at radius 2 is 2.11 bits per heavy atom. The molecule has 0 unspecified atom stereocenters. The number of benzene rings is 1. The first-order chi connectivity index (χ1) is 8.69. The zero-order valence-electron chi connectivity index (χ0n) is 9.55. The second-order valence-corrected chi connectivity index (χ2v) is 3.33. The molecule has 0 aliphatic carbocycles. The van der Waals surface area contributed by atoms with Crippen molar-refractivity contribution in [3.8, 4) is 5.75 Å². The highest BCUT2D eigenvalue weighted by atomic mass is 35.5. The van der Waals surface area contributed by atoms with Gasteiger partial charge in [-0.15, -0.1) is 16.6 Å². The van der Waals surface area contributed by atoms with Gasteiger partial charge in [0, 0.05) is 6.08 Å². The van der Waals surface area contributed by atoms with Gasteiger partial charge in [-0.2, -0.15) is 0 Å². The average Bonchev–Trinajstić information content (AvgIpc) is 2.40. The third kappa shape index (κ3) is 4.41. The molecular weight excluding hydrogens is 258 g/mol. The van der Waals surface area contributed by atoms with Crippen LogP contribution in [0.5, 0.6) is 5.75 Å². The summed E-state index contributed by atoms with van der Waals surface area (Å²) < 4.78 is 9.72. The first-order valence-corrected chi connectivity index (χ1v) is 5.43. The van der Waals surface area contributed by atoms with E-state index in [0.29, 0.717) is 5.75 Å². The van der Waals surface area contributed by atoms with Crippen molar-refractivity contribution in [2.45, 2.75) is 0 Å². The molecule has 1 rings (SSSR count). The third-order valence-electron chi connectivity index (χ3n) is 1.88. The van der Waals surface area contributed by atoms with Gasteiger partial charge in [0.05, 0.1) is 7.11 Å². The van der Waals surface area contributed by atoms with Crippen molar-refractivity contribution in [1.82, 2.24) is 0 Å². The first-order valence-electron chi connectivity index (χ1n) is 4.90. The van der Waals surface area contributed by atoms with E-state index in [-0.39, 0.29) is 11.8 Å². The van der Waals surface area contributed by atoms with Crippen molar-refractivity contribution in [3.05, 3.63) is 35.7 Å². The second kappa shape index (κ2) is 7.27. The maximum absolute atomic E-state index is 10.9. The number of hydrogen-bond acceptors (Lipinski definition) is 5. The molecule has 0 aliphatic heterocycles. The van der Waals surface area contributed by atoms with Crippen LogP contribution in [0.3, 0.4) is 0 Å². The lowest BCUT2D eigenvalue weighted by atomic mass is 10.2. The Bertz CT molecular complexity index is 489. The number of methoxy groups -OCH3 is 1. The number of hydrogen-bond donors (Lipinski definition) is 0. The molecule has 5 nitrogen and oxygen atoms in total. The summed E-state index contributed by atoms with van der Waals surface area (Å²) in [7, 11) is 1.39. The summed E-state index contributed by atoms with van der Waals surface area (Å²) in [6, 6.07) is 6.54. The van der Waals surface area contributed by atoms with E-state index in [1.807, 2.05) is 0 Å². The average molecular weight is 268 g/mol. The Kier molecular flexibility index (Phi) is 5.64. The van der Waals surface area contributed by atoms with Crippen LogP contribution in [0.15, 0.2) is 35.1 Å². The summed E-state index contributed by atoms with van der Waals surface area (Å²) in [6.07, 6.45) is 2.92. The van der Waals surface area contributed by atoms with Crippen LogP contribution in [0.25, 0.3) is 6.08 Å². The normalized spacial score (nSPS) is 10.4. The highest BCUT2D eigenvalue weighted by Crippen LogP contribution is 2.15. The predicted molar refractivity (Wildman–Crippen MR) is 65.9 cm³/mol. The Labute approximate surface area is 109 Å². The topological polar surface area (TPSA) is 65.0 Å². The SMILES string of the molecule is COC(=Cc1ccc(OC(=O)CCl)cc1)N=C=O. The van der Waals surface area contributed by atoms with E-state index in [1.54, 1.807) is 24.3 Å². The van der Waals surface area contributed by atoms with Gasteiger partial charge in [-0.3, -0.25) is 4.79 Å². The lowest BCUT2D eigenvalue weighted by molar-refractivity contribution is -0.131. The first kappa shape index (κ1) is 14.0. The van der Waals surface area contributed by atoms with Crippen LogP contribution in [0, 0.1) is 0 Å². The fraction of sp³-hybridized carbons (Fsp3) is 0.167. The molecule has 1 aromatic rings. The number of aliphatic imine (C=N–C) groups is 1. The van der Waals surface area contributed by atoms with Gasteiger partial charge in [0.15, 0.2) is 0 Å². The van der Waals surface area contributed by atoms with Gasteiger partial charge in [0.1, 0.15) is 11.6 Å². The minimum absolute atomic E-state index is 0.135. The van der Waals surface area contributed by atoms with Crippen molar-refractivity contribution in [3.63, 3.8) is 0 Å². The van der Waals surface area contributed by atoms with E-state index in [0.717, 1.165) is 5.56 Å². The maximum atomic E-state index is 10.9. The number of isocyanates is 1. The quantitative estimate of drug-likeness (QED) is 0.205. The van der Waals surface area contributed by atoms with Gasteiger partial charge in [-0.05, 0) is 17.7 Å². The molecule has 0 atom stereocenters. The van der Waals surface area contributed by atoms with Crippen LogP contribution in [0.4, 0.5) is 0 Å². The van der Waals surface area contributed by atoms with E-state index in [9.17, 15) is 9.59 Å². The van der Waals surface area contributed by atoms with Crippen molar-refractivity contribution < 1.29 is 19.1 Å². The maximum Gasteiger partial charge on any atom is 0.326 e. The van der Waals surface area contributed by atoms with Crippen LogP contribution >= 0.6 is 11.6 Å². The summed E-state index contributed by atoms with van der Waals surface area (Å²) in [5, 5.41) is 0. The number of nitrogens with zero attached hydrogens (tertiary/aromatic N) is 1. The highest BCUT2D eigenvalue weighted by Gasteiger charge is 2.02. The number of carbonyl (C=O) groups is 1. The number of alkyl halides is 1. The molecule has 94 valence electrons. The molecule has 0 saturated heterocycles. The standard InChI is InChI=1S/C12H10ClNO4/c1-17-11(14-8-15)6-9-2-4-10(5-3-9)18-12(16)7-13/h2-6H,7H2,1H3. The van der Waals surface area contributed by atoms with Crippen molar-refractivity contribution in [1.29, 1.82) is 0 Å². The summed E-state index contributed by atoms with van der Waals surface area (Å²) in [5.41, 5.74) is 0.733. The Balaban J connectivity index is 2.82. The molecule has 0 N–H and O–H groups in total. The Hall–Kier alpha value is -2.10. The molecule has 0 fully saturated rings. The van der Waals surface area contributed by atoms with E-state index < -0.39 is 5.97 Å². The fourth-order valence-electron chi connectivity index (χ4n) is 1.12. The molecule has 0 aromatic heterocycles. The van der Waals surface area contributed by atoms with E-state index in [1.165, 1.54) is 19.3 Å². The van der Waals surface area contributed by atoms with E-state index in [4.69, 9.17) is 21.1 Å². The van der Waals surface area contributed by atoms with Crippen LogP contribution in [-0.2, 0) is 14.3 Å². The van der Waals surface area contributed by atoms with Gasteiger partial charge in [-0.25, -0.2) is 4.79 Å². The van der Waals surface area contributed by atoms with Gasteiger partial charge in [0.25, 0.3) is 0 Å². The zero-order chi connectivity index (χ0) is 13.4. The fourth-order valence-corrected chi connectivity index (χ4v) is 1.17. The van der Waals surface area contributed by atoms with Crippen molar-refractivity contribution in [2.24, 2.45) is 4.99 Å². The molecule has 0 amide bonds. The molecule has 0 saturated carbocycles. The van der Waals surface area contributed by atoms with Crippen molar-refractivity contribution >= 4 is 29.7 Å². The Morgan fingerprint density at radius 3 is 2.61 bits per heavy atom. The molecule has 0 spiro atoms. The summed E-state index contributed by atoms with van der Waals surface area (Å²) in [4.78, 5) is 24.4. The van der Waals surface area contributed by atoms with Gasteiger partial charge < -0.3 is 9.47 Å². The van der Waals surface area contributed by atoms with Crippen LogP contribution in [-0.4, -0.2) is 25.0 Å². The van der Waals surface area contributed by atoms with Crippen LogP contribution in [0.2, 0.25) is 0 Å². The largest absolute Gasteiger partial charge is 0.480 e. The summed E-state index contributed by atoms with van der Waals surface area (Å²) >= 11 is 5.31. The number of ether oxygens (including phenoxy) is 2. The van der Waals surface area contributed by atoms with Gasteiger partial charge in [0.2, 0.25) is 12.0 Å². The van der Waals surface area contributed by atoms with Crippen LogP contribution in [0.1, 0.15) is 5.56 Å². The minimum Gasteiger partial charge on any atom is -0.480 e. The number of rotatable bonds is 5. The molecule has 18 heavy (non-hydrogen) atoms. The molecule has 0 bridgehead atoms. The molecule has 0 radical (unpaired) electrons. The zero-order valence-corrected chi connectivity index (χ0v) is 10.3. The van der Waals surface area contributed by atoms with Crippen molar-refractivity contribution in [2.75, 3.05) is 13.0 Å². The lowest BCUT2D eigenvalue weighted by Crippen LogP contribution is -2.08. The Morgan fingerprint density at radius 1 is 1.44 bits per heavy atom. The minimum atomic E-state index is -0.525. The predicted octanol–water partition coefficient (Wildman–Crippen LogP) is 2.11. The number of esters is 1. The second-order valence-electron chi connectivity index (χ2n) is 3.07. The molecule has 1 aromatic carbocycles. The highest BCUT2D eigenvalue weighted by molar-refractivity contribution is 6.26. The monoisotopic (exact) mass is 267 g/mol. The smallest absolute Gasteiger partial charge is 0.326 e. The third-order valence-corrected chi connectivity index (χ3v) is 2.09. The van der Waals surface area contributed by atoms with Gasteiger partial charge >= 0.3 is 5.97 Å². The summed E-state index contributed by atoms with van der Waals surface area (Å²) in [5.74, 6) is -0.210. The lowest BCUT2D eigenvalue weighted by Gasteiger charge is -2.02. The summed E-state index contributed by atoms with van der Waals surface area (Å²) in [6.45, 7) is 0. The molecule has 0 heterocycles.